The molecule has 192 valence electrons. The molecule has 38 heavy (non-hydrogen) atoms. The minimum absolute atomic E-state index is 0.00513. The van der Waals surface area contributed by atoms with Gasteiger partial charge in [0.2, 0.25) is 21.6 Å². The summed E-state index contributed by atoms with van der Waals surface area (Å²) in [5.41, 5.74) is 6.75. The Labute approximate surface area is 218 Å². The van der Waals surface area contributed by atoms with Gasteiger partial charge in [0.25, 0.3) is 5.91 Å². The number of primary amides is 1. The number of benzene rings is 3. The van der Waals surface area contributed by atoms with Crippen LogP contribution in [0, 0.1) is 24.7 Å². The van der Waals surface area contributed by atoms with Crippen LogP contribution in [-0.2, 0) is 14.8 Å². The first-order valence-electron chi connectivity index (χ1n) is 11.2. The highest BCUT2D eigenvalue weighted by atomic mass is 32.2. The molecule has 3 aromatic carbocycles. The maximum atomic E-state index is 14.4. The molecule has 0 spiro atoms. The van der Waals surface area contributed by atoms with Crippen molar-refractivity contribution in [1.29, 1.82) is 0 Å². The average molecular weight is 533 g/mol. The van der Waals surface area contributed by atoms with Gasteiger partial charge in [-0.1, -0.05) is 24.1 Å². The number of nitrogens with two attached hydrogens (primary N) is 1. The monoisotopic (exact) mass is 532 g/mol. The van der Waals surface area contributed by atoms with Gasteiger partial charge < -0.3 is 15.4 Å². The van der Waals surface area contributed by atoms with E-state index in [2.05, 4.69) is 15.5 Å². The van der Waals surface area contributed by atoms with Gasteiger partial charge in [0.1, 0.15) is 5.75 Å². The molecule has 4 rings (SSSR count). The number of carbonyl (C=O) groups excluding carboxylic acids is 2. The van der Waals surface area contributed by atoms with E-state index < -0.39 is 21.7 Å². The second-order valence-corrected chi connectivity index (χ2v) is 10.3. The first-order valence-corrected chi connectivity index (χ1v) is 13.1. The number of halogens is 1. The number of carbonyl (C=O) groups is 2. The predicted octanol–water partition coefficient (Wildman–Crippen LogP) is 4.14. The zero-order valence-corrected chi connectivity index (χ0v) is 20.9. The first-order chi connectivity index (χ1) is 18.0. The summed E-state index contributed by atoms with van der Waals surface area (Å²) in [5, 5.41) is 0. The third-order valence-electron chi connectivity index (χ3n) is 5.91. The van der Waals surface area contributed by atoms with Gasteiger partial charge in [0.05, 0.1) is 29.6 Å². The fourth-order valence-corrected chi connectivity index (χ4v) is 4.74. The highest BCUT2D eigenvalue weighted by Crippen LogP contribution is 2.39. The van der Waals surface area contributed by atoms with Crippen molar-refractivity contribution in [3.8, 4) is 23.8 Å². The number of sulfonamides is 1. The summed E-state index contributed by atoms with van der Waals surface area (Å²) in [6.45, 7) is 7.51. The van der Waals surface area contributed by atoms with E-state index in [4.69, 9.17) is 23.5 Å². The number of para-hydroxylation sites is 1. The molecule has 0 aliphatic carbocycles. The molecule has 0 unspecified atom stereocenters. The summed E-state index contributed by atoms with van der Waals surface area (Å²) in [7, 11) is -3.66. The van der Waals surface area contributed by atoms with Crippen LogP contribution < -0.4 is 20.1 Å². The van der Waals surface area contributed by atoms with Gasteiger partial charge in [-0.15, -0.1) is 6.42 Å². The number of rotatable bonds is 7. The molecule has 1 atom stereocenters. The number of anilines is 2. The number of amides is 2. The van der Waals surface area contributed by atoms with Crippen molar-refractivity contribution in [2.45, 2.75) is 12.3 Å². The van der Waals surface area contributed by atoms with Crippen molar-refractivity contribution in [1.82, 2.24) is 0 Å². The number of nitrogens with zero attached hydrogens (tertiary/aromatic N) is 2. The van der Waals surface area contributed by atoms with Crippen LogP contribution in [0.3, 0.4) is 0 Å². The molecule has 0 bridgehead atoms. The summed E-state index contributed by atoms with van der Waals surface area (Å²) < 4.78 is 45.7. The lowest BCUT2D eigenvalue weighted by Gasteiger charge is -2.19. The molecule has 2 amide bonds. The molecule has 3 aromatic rings. The molecule has 0 saturated carbocycles. The third kappa shape index (κ3) is 5.43. The van der Waals surface area contributed by atoms with E-state index in [0.717, 1.165) is 6.26 Å². The number of hydrogen-bond acceptors (Lipinski definition) is 5. The van der Waals surface area contributed by atoms with Gasteiger partial charge in [0.15, 0.2) is 11.6 Å². The SMILES string of the molecule is [C-]#[N+]c1cccc(F)c1Oc1cc([C@H]2CC(=O)N(c3ccc(NS(C)(=O)=O)c(C(N)=O)c3)C2)ccc1C#C. The number of ether oxygens (including phenoxy) is 1. The minimum Gasteiger partial charge on any atom is -0.464 e. The first kappa shape index (κ1) is 26.2. The molecule has 9 nitrogen and oxygen atoms in total. The maximum absolute atomic E-state index is 14.4. The van der Waals surface area contributed by atoms with E-state index >= 15 is 0 Å². The highest BCUT2D eigenvalue weighted by molar-refractivity contribution is 7.92. The maximum Gasteiger partial charge on any atom is 0.250 e. The van der Waals surface area contributed by atoms with Crippen molar-refractivity contribution >= 4 is 38.9 Å². The standard InChI is InChI=1S/C27H21FN4O5S/c1-4-16-8-9-17(12-24(16)37-26-21(28)6-5-7-23(26)30-2)18-13-25(33)32(15-18)19-10-11-22(31-38(3,35)36)20(14-19)27(29)34/h1,5-12,14,18,31H,13,15H2,3H3,(H2,29,34)/t18-/m0/s1. The zero-order chi connectivity index (χ0) is 27.6. The lowest BCUT2D eigenvalue weighted by atomic mass is 9.96. The molecule has 1 saturated heterocycles. The molecular formula is C27H21FN4O5S. The van der Waals surface area contributed by atoms with E-state index in [-0.39, 0.29) is 53.2 Å². The number of terminal acetylenes is 1. The van der Waals surface area contributed by atoms with E-state index in [1.165, 1.54) is 41.3 Å². The highest BCUT2D eigenvalue weighted by Gasteiger charge is 2.33. The van der Waals surface area contributed by atoms with E-state index in [9.17, 15) is 22.4 Å². The van der Waals surface area contributed by atoms with Crippen molar-refractivity contribution < 1.29 is 27.1 Å². The summed E-state index contributed by atoms with van der Waals surface area (Å²) in [4.78, 5) is 29.7. The van der Waals surface area contributed by atoms with Crippen LogP contribution in [0.4, 0.5) is 21.5 Å². The van der Waals surface area contributed by atoms with Crippen molar-refractivity contribution in [3.05, 3.63) is 88.5 Å². The Bertz CT molecular complexity index is 1660. The molecule has 1 aliphatic rings. The van der Waals surface area contributed by atoms with Gasteiger partial charge in [-0.05, 0) is 42.0 Å². The predicted molar refractivity (Wildman–Crippen MR) is 140 cm³/mol. The molecule has 3 N–H and O–H groups in total. The lowest BCUT2D eigenvalue weighted by molar-refractivity contribution is -0.117. The number of nitrogens with one attached hydrogen (secondary N) is 1. The molecular weight excluding hydrogens is 511 g/mol. The van der Waals surface area contributed by atoms with E-state index in [0.29, 0.717) is 16.8 Å². The van der Waals surface area contributed by atoms with Gasteiger partial charge in [-0.3, -0.25) is 14.3 Å². The second-order valence-electron chi connectivity index (χ2n) is 8.58. The Morgan fingerprint density at radius 3 is 2.68 bits per heavy atom. The zero-order valence-electron chi connectivity index (χ0n) is 20.1. The van der Waals surface area contributed by atoms with E-state index in [1.807, 2.05) is 0 Å². The van der Waals surface area contributed by atoms with Crippen molar-refractivity contribution in [3.63, 3.8) is 0 Å². The van der Waals surface area contributed by atoms with Crippen LogP contribution in [0.5, 0.6) is 11.5 Å². The minimum atomic E-state index is -3.66. The van der Waals surface area contributed by atoms with E-state index in [1.54, 1.807) is 18.2 Å². The Kier molecular flexibility index (Phi) is 7.06. The van der Waals surface area contributed by atoms with Crippen LogP contribution in [0.25, 0.3) is 4.85 Å². The van der Waals surface area contributed by atoms with Crippen LogP contribution in [0.1, 0.15) is 33.8 Å². The van der Waals surface area contributed by atoms with Gasteiger partial charge >= 0.3 is 0 Å². The number of hydrogen-bond donors (Lipinski definition) is 2. The second kappa shape index (κ2) is 10.2. The van der Waals surface area contributed by atoms with Crippen LogP contribution in [-0.4, -0.2) is 33.0 Å². The molecule has 1 fully saturated rings. The Balaban J connectivity index is 1.64. The smallest absolute Gasteiger partial charge is 0.250 e. The summed E-state index contributed by atoms with van der Waals surface area (Å²) in [5.74, 6) is 0.282. The Hall–Kier alpha value is -4.87. The average Bonchev–Trinajstić information content (AvgIpc) is 3.25. The summed E-state index contributed by atoms with van der Waals surface area (Å²) in [6.07, 6.45) is 6.66. The largest absolute Gasteiger partial charge is 0.464 e. The fourth-order valence-electron chi connectivity index (χ4n) is 4.17. The topological polar surface area (TPSA) is 123 Å². The Morgan fingerprint density at radius 1 is 1.26 bits per heavy atom. The lowest BCUT2D eigenvalue weighted by Crippen LogP contribution is -2.25. The quantitative estimate of drug-likeness (QED) is 0.350. The normalized spacial score (nSPS) is 15.0. The van der Waals surface area contributed by atoms with Crippen molar-refractivity contribution in [2.75, 3.05) is 22.4 Å². The molecule has 1 heterocycles. The summed E-state index contributed by atoms with van der Waals surface area (Å²) >= 11 is 0. The van der Waals surface area contributed by atoms with Gasteiger partial charge in [-0.25, -0.2) is 17.7 Å². The van der Waals surface area contributed by atoms with Gasteiger partial charge in [0, 0.05) is 24.6 Å². The molecule has 0 aromatic heterocycles. The van der Waals surface area contributed by atoms with Crippen LogP contribution >= 0.6 is 0 Å². The fraction of sp³-hybridized carbons (Fsp3) is 0.148. The molecule has 11 heteroatoms. The van der Waals surface area contributed by atoms with Crippen molar-refractivity contribution in [2.24, 2.45) is 5.73 Å². The third-order valence-corrected chi connectivity index (χ3v) is 6.50. The van der Waals surface area contributed by atoms with Crippen LogP contribution in [0.2, 0.25) is 0 Å². The Morgan fingerprint density at radius 2 is 2.03 bits per heavy atom. The molecule has 1 aliphatic heterocycles. The summed E-state index contributed by atoms with van der Waals surface area (Å²) in [6, 6.07) is 13.2. The van der Waals surface area contributed by atoms with Gasteiger partial charge in [-0.2, -0.15) is 0 Å². The molecule has 0 radical (unpaired) electrons. The van der Waals surface area contributed by atoms with Crippen LogP contribution in [0.15, 0.2) is 54.6 Å².